The van der Waals surface area contributed by atoms with Crippen molar-refractivity contribution in [1.29, 1.82) is 0 Å². The van der Waals surface area contributed by atoms with Crippen LogP contribution in [0.15, 0.2) is 53.8 Å². The van der Waals surface area contributed by atoms with Gasteiger partial charge < -0.3 is 9.88 Å². The van der Waals surface area contributed by atoms with E-state index in [1.165, 1.54) is 23.9 Å². The molecule has 0 unspecified atom stereocenters. The van der Waals surface area contributed by atoms with Gasteiger partial charge in [0.15, 0.2) is 5.16 Å². The fourth-order valence-corrected chi connectivity index (χ4v) is 3.47. The van der Waals surface area contributed by atoms with Crippen LogP contribution >= 0.6 is 11.8 Å². The molecule has 0 atom stereocenters. The Morgan fingerprint density at radius 2 is 1.90 bits per heavy atom. The highest BCUT2D eigenvalue weighted by Gasteiger charge is 2.34. The smallest absolute Gasteiger partial charge is 0.352 e. The third-order valence-corrected chi connectivity index (χ3v) is 5.17. The Bertz CT molecular complexity index is 975. The van der Waals surface area contributed by atoms with E-state index in [9.17, 15) is 18.0 Å². The summed E-state index contributed by atoms with van der Waals surface area (Å²) in [5, 5.41) is 11.4. The summed E-state index contributed by atoms with van der Waals surface area (Å²) in [6.45, 7) is 0.141. The molecule has 6 nitrogen and oxygen atoms in total. The van der Waals surface area contributed by atoms with E-state index in [4.69, 9.17) is 0 Å². The van der Waals surface area contributed by atoms with E-state index >= 15 is 0 Å². The molecule has 0 aliphatic rings. The normalized spacial score (nSPS) is 11.4. The van der Waals surface area contributed by atoms with E-state index in [1.807, 2.05) is 18.2 Å². The number of nitrogens with one attached hydrogen (secondary N) is 1. The number of pyridine rings is 1. The fourth-order valence-electron chi connectivity index (χ4n) is 2.62. The van der Waals surface area contributed by atoms with Gasteiger partial charge in [-0.25, -0.2) is 0 Å². The third kappa shape index (κ3) is 5.35. The van der Waals surface area contributed by atoms with Crippen LogP contribution in [-0.2, 0) is 25.4 Å². The van der Waals surface area contributed by atoms with Crippen LogP contribution in [0, 0.1) is 0 Å². The van der Waals surface area contributed by atoms with E-state index in [0.29, 0.717) is 23.2 Å². The Balaban J connectivity index is 1.56. The number of halogens is 3. The summed E-state index contributed by atoms with van der Waals surface area (Å²) in [5.41, 5.74) is -0.438. The molecule has 0 saturated heterocycles. The van der Waals surface area contributed by atoms with Gasteiger partial charge in [-0.15, -0.1) is 10.2 Å². The van der Waals surface area contributed by atoms with E-state index < -0.39 is 23.2 Å². The summed E-state index contributed by atoms with van der Waals surface area (Å²) in [7, 11) is 1.80. The zero-order valence-electron chi connectivity index (χ0n) is 15.5. The van der Waals surface area contributed by atoms with Crippen LogP contribution in [0.2, 0.25) is 0 Å². The number of alkyl halides is 3. The van der Waals surface area contributed by atoms with Crippen molar-refractivity contribution in [1.82, 2.24) is 25.1 Å². The molecule has 0 radical (unpaired) electrons. The number of nitrogens with zero attached hydrogens (tertiary/aromatic N) is 4. The molecular formula is C19H18F3N5OS. The number of thioether (sulfide) groups is 1. The topological polar surface area (TPSA) is 72.7 Å². The minimum atomic E-state index is -4.59. The molecule has 3 rings (SSSR count). The van der Waals surface area contributed by atoms with Crippen molar-refractivity contribution in [3.63, 3.8) is 0 Å². The Morgan fingerprint density at radius 1 is 1.14 bits per heavy atom. The lowest BCUT2D eigenvalue weighted by Crippen LogP contribution is -2.28. The number of hydrogen-bond donors (Lipinski definition) is 1. The highest BCUT2D eigenvalue weighted by atomic mass is 32.2. The van der Waals surface area contributed by atoms with E-state index in [1.54, 1.807) is 17.8 Å². The van der Waals surface area contributed by atoms with Crippen molar-refractivity contribution in [2.75, 3.05) is 6.54 Å². The largest absolute Gasteiger partial charge is 0.417 e. The van der Waals surface area contributed by atoms with Crippen molar-refractivity contribution in [3.8, 4) is 0 Å². The van der Waals surface area contributed by atoms with Crippen LogP contribution in [0.5, 0.6) is 0 Å². The van der Waals surface area contributed by atoms with E-state index in [0.717, 1.165) is 17.8 Å². The zero-order valence-corrected chi connectivity index (χ0v) is 16.3. The first-order valence-electron chi connectivity index (χ1n) is 8.71. The molecule has 29 heavy (non-hydrogen) atoms. The first kappa shape index (κ1) is 20.8. The maximum Gasteiger partial charge on any atom is 0.417 e. The predicted octanol–water partition coefficient (Wildman–Crippen LogP) is 3.49. The molecule has 3 aromatic rings. The summed E-state index contributed by atoms with van der Waals surface area (Å²) >= 11 is 1.48. The number of rotatable bonds is 7. The Kier molecular flexibility index (Phi) is 6.53. The molecule has 152 valence electrons. The van der Waals surface area contributed by atoms with E-state index in [2.05, 4.69) is 20.5 Å². The quantitative estimate of drug-likeness (QED) is 0.592. The summed E-state index contributed by atoms with van der Waals surface area (Å²) in [6.07, 6.45) is -2.53. The molecule has 0 spiro atoms. The molecule has 2 heterocycles. The van der Waals surface area contributed by atoms with Crippen LogP contribution in [-0.4, -0.2) is 32.2 Å². The average molecular weight is 421 g/mol. The molecule has 0 aliphatic heterocycles. The number of amides is 1. The van der Waals surface area contributed by atoms with Crippen molar-refractivity contribution in [3.05, 3.63) is 71.3 Å². The summed E-state index contributed by atoms with van der Waals surface area (Å²) < 4.78 is 40.9. The van der Waals surface area contributed by atoms with Gasteiger partial charge in [-0.1, -0.05) is 30.0 Å². The van der Waals surface area contributed by atoms with Gasteiger partial charge in [0.25, 0.3) is 5.91 Å². The SMILES string of the molecule is Cn1c(CCNC(=O)c2ccccc2C(F)(F)F)nnc1SCc1ccccn1. The average Bonchev–Trinajstić information content (AvgIpc) is 3.06. The van der Waals surface area contributed by atoms with Gasteiger partial charge in [0.2, 0.25) is 0 Å². The van der Waals surface area contributed by atoms with Crippen LogP contribution in [0.25, 0.3) is 0 Å². The van der Waals surface area contributed by atoms with E-state index in [-0.39, 0.29) is 6.54 Å². The number of benzene rings is 1. The second kappa shape index (κ2) is 9.08. The number of carbonyl (C=O) groups is 1. The lowest BCUT2D eigenvalue weighted by Gasteiger charge is -2.12. The van der Waals surface area contributed by atoms with Crippen LogP contribution in [0.1, 0.15) is 27.4 Å². The van der Waals surface area contributed by atoms with Crippen molar-refractivity contribution >= 4 is 17.7 Å². The molecule has 0 saturated carbocycles. The van der Waals surface area contributed by atoms with Gasteiger partial charge in [0.1, 0.15) is 5.82 Å². The second-order valence-electron chi connectivity index (χ2n) is 6.12. The van der Waals surface area contributed by atoms with Gasteiger partial charge in [0, 0.05) is 32.0 Å². The van der Waals surface area contributed by atoms with Crippen molar-refractivity contribution < 1.29 is 18.0 Å². The van der Waals surface area contributed by atoms with Crippen LogP contribution in [0.4, 0.5) is 13.2 Å². The number of aromatic nitrogens is 4. The van der Waals surface area contributed by atoms with Crippen LogP contribution in [0.3, 0.4) is 0 Å². The second-order valence-corrected chi connectivity index (χ2v) is 7.06. The number of carbonyl (C=O) groups excluding carboxylic acids is 1. The molecule has 1 N–H and O–H groups in total. The van der Waals surface area contributed by atoms with Gasteiger partial charge in [-0.05, 0) is 24.3 Å². The third-order valence-electron chi connectivity index (χ3n) is 4.11. The number of hydrogen-bond acceptors (Lipinski definition) is 5. The maximum atomic E-state index is 13.0. The Morgan fingerprint density at radius 3 is 2.62 bits per heavy atom. The molecule has 1 aromatic carbocycles. The highest BCUT2D eigenvalue weighted by molar-refractivity contribution is 7.98. The standard InChI is InChI=1S/C19H18F3N5OS/c1-27-16(25-26-18(27)29-12-13-6-4-5-10-23-13)9-11-24-17(28)14-7-2-3-8-15(14)19(20,21)22/h2-8,10H,9,11-12H2,1H3,(H,24,28). The van der Waals surface area contributed by atoms with Crippen molar-refractivity contribution in [2.24, 2.45) is 7.05 Å². The molecule has 0 aliphatic carbocycles. The highest BCUT2D eigenvalue weighted by Crippen LogP contribution is 2.31. The Labute approximate surface area is 169 Å². The summed E-state index contributed by atoms with van der Waals surface area (Å²) in [4.78, 5) is 16.4. The fraction of sp³-hybridized carbons (Fsp3) is 0.263. The molecule has 0 fully saturated rings. The van der Waals surface area contributed by atoms with Crippen LogP contribution < -0.4 is 5.32 Å². The van der Waals surface area contributed by atoms with Gasteiger partial charge in [0.05, 0.1) is 16.8 Å². The lowest BCUT2D eigenvalue weighted by molar-refractivity contribution is -0.137. The molecule has 0 bridgehead atoms. The zero-order chi connectivity index (χ0) is 20.9. The van der Waals surface area contributed by atoms with Gasteiger partial charge >= 0.3 is 6.18 Å². The predicted molar refractivity (Wildman–Crippen MR) is 102 cm³/mol. The monoisotopic (exact) mass is 421 g/mol. The molecule has 2 aromatic heterocycles. The maximum absolute atomic E-state index is 13.0. The van der Waals surface area contributed by atoms with Gasteiger partial charge in [-0.2, -0.15) is 13.2 Å². The lowest BCUT2D eigenvalue weighted by atomic mass is 10.1. The molecule has 10 heteroatoms. The first-order valence-corrected chi connectivity index (χ1v) is 9.70. The minimum Gasteiger partial charge on any atom is -0.352 e. The first-order chi connectivity index (χ1) is 13.9. The van der Waals surface area contributed by atoms with Gasteiger partial charge in [-0.3, -0.25) is 9.78 Å². The Hall–Kier alpha value is -2.88. The minimum absolute atomic E-state index is 0.141. The summed E-state index contributed by atoms with van der Waals surface area (Å²) in [5.74, 6) is 0.486. The molecule has 1 amide bonds. The summed E-state index contributed by atoms with van der Waals surface area (Å²) in [6, 6.07) is 10.4. The molecular weight excluding hydrogens is 403 g/mol. The van der Waals surface area contributed by atoms with Crippen molar-refractivity contribution in [2.45, 2.75) is 23.5 Å².